The predicted octanol–water partition coefficient (Wildman–Crippen LogP) is 2.15. The number of fused-ring (bicyclic) bond motifs is 4. The highest BCUT2D eigenvalue weighted by atomic mass is 19.1. The smallest absolute Gasteiger partial charge is 0.224 e. The summed E-state index contributed by atoms with van der Waals surface area (Å²) in [4.78, 5) is 17.8. The molecular weight excluding hydrogens is 383 g/mol. The number of carbonyl (C=O) groups excluding carboxylic acids is 1. The Hall–Kier alpha value is -2.35. The Balaban J connectivity index is 1.32. The molecule has 0 aliphatic carbocycles. The van der Waals surface area contributed by atoms with Gasteiger partial charge in [0.2, 0.25) is 5.91 Å². The van der Waals surface area contributed by atoms with Crippen molar-refractivity contribution in [2.24, 2.45) is 11.8 Å². The van der Waals surface area contributed by atoms with Crippen molar-refractivity contribution in [3.05, 3.63) is 42.0 Å². The third kappa shape index (κ3) is 3.97. The van der Waals surface area contributed by atoms with Gasteiger partial charge in [-0.1, -0.05) is 18.6 Å². The molecule has 4 atom stereocenters. The molecule has 5 rings (SSSR count). The van der Waals surface area contributed by atoms with E-state index in [2.05, 4.69) is 25.3 Å². The molecule has 0 N–H and O–H groups in total. The van der Waals surface area contributed by atoms with Gasteiger partial charge in [-0.2, -0.15) is 0 Å². The van der Waals surface area contributed by atoms with Gasteiger partial charge in [0.25, 0.3) is 0 Å². The normalized spacial score (nSPS) is 28.9. The first kappa shape index (κ1) is 19.6. The second-order valence-corrected chi connectivity index (χ2v) is 9.08. The Morgan fingerprint density at radius 3 is 2.93 bits per heavy atom. The number of piperidine rings is 3. The molecule has 1 aromatic carbocycles. The second-order valence-electron chi connectivity index (χ2n) is 9.08. The maximum absolute atomic E-state index is 13.8. The van der Waals surface area contributed by atoms with E-state index in [1.807, 2.05) is 6.07 Å². The molecule has 7 nitrogen and oxygen atoms in total. The van der Waals surface area contributed by atoms with Gasteiger partial charge in [-0.25, -0.2) is 9.07 Å². The first-order valence-electron chi connectivity index (χ1n) is 11.2. The average Bonchev–Trinajstić information content (AvgIpc) is 3.29. The molecule has 1 aromatic heterocycles. The zero-order chi connectivity index (χ0) is 20.5. The first-order chi connectivity index (χ1) is 14.7. The summed E-state index contributed by atoms with van der Waals surface area (Å²) >= 11 is 0. The van der Waals surface area contributed by atoms with Crippen LogP contribution in [0.15, 0.2) is 30.6 Å². The largest absolute Gasteiger partial charge is 0.342 e. The summed E-state index contributed by atoms with van der Waals surface area (Å²) in [6.07, 6.45) is 7.73. The third-order valence-corrected chi connectivity index (χ3v) is 7.25. The SMILES string of the molecule is O=C(CCn1cnnn1)N1C[C@H]2C[C@@H](C1)[C@H](Cc1cccc(F)c1)N1CCCC[C@@H]21. The fourth-order valence-electron chi connectivity index (χ4n) is 5.95. The van der Waals surface area contributed by atoms with E-state index in [-0.39, 0.29) is 11.7 Å². The van der Waals surface area contributed by atoms with E-state index < -0.39 is 0 Å². The molecule has 0 radical (unpaired) electrons. The highest BCUT2D eigenvalue weighted by molar-refractivity contribution is 5.76. The van der Waals surface area contributed by atoms with Crippen LogP contribution in [0.1, 0.15) is 37.7 Å². The van der Waals surface area contributed by atoms with Gasteiger partial charge in [0.1, 0.15) is 12.1 Å². The fraction of sp³-hybridized carbons (Fsp3) is 0.636. The molecule has 0 saturated carbocycles. The van der Waals surface area contributed by atoms with Crippen LogP contribution in [0.25, 0.3) is 0 Å². The minimum absolute atomic E-state index is 0.167. The molecule has 0 spiro atoms. The molecule has 2 aromatic rings. The molecule has 3 aliphatic heterocycles. The van der Waals surface area contributed by atoms with Crippen LogP contribution in [0, 0.1) is 17.7 Å². The Kier molecular flexibility index (Phi) is 5.50. The molecule has 3 fully saturated rings. The molecule has 4 heterocycles. The lowest BCUT2D eigenvalue weighted by atomic mass is 9.71. The van der Waals surface area contributed by atoms with E-state index in [1.54, 1.807) is 23.1 Å². The third-order valence-electron chi connectivity index (χ3n) is 7.25. The zero-order valence-electron chi connectivity index (χ0n) is 17.2. The van der Waals surface area contributed by atoms with Crippen LogP contribution < -0.4 is 0 Å². The van der Waals surface area contributed by atoms with Crippen LogP contribution in [0.3, 0.4) is 0 Å². The summed E-state index contributed by atoms with van der Waals surface area (Å²) < 4.78 is 15.4. The van der Waals surface area contributed by atoms with Crippen molar-refractivity contribution in [2.45, 2.75) is 57.2 Å². The monoisotopic (exact) mass is 412 g/mol. The van der Waals surface area contributed by atoms with Crippen LogP contribution in [0.4, 0.5) is 4.39 Å². The molecule has 30 heavy (non-hydrogen) atoms. The van der Waals surface area contributed by atoms with Gasteiger partial charge in [-0.05, 0) is 72.2 Å². The van der Waals surface area contributed by atoms with Gasteiger partial charge in [0.15, 0.2) is 0 Å². The minimum Gasteiger partial charge on any atom is -0.342 e. The average molecular weight is 413 g/mol. The van der Waals surface area contributed by atoms with E-state index in [4.69, 9.17) is 0 Å². The van der Waals surface area contributed by atoms with Gasteiger partial charge < -0.3 is 4.90 Å². The van der Waals surface area contributed by atoms with Crippen molar-refractivity contribution in [3.63, 3.8) is 0 Å². The fourth-order valence-corrected chi connectivity index (χ4v) is 5.95. The number of benzene rings is 1. The summed E-state index contributed by atoms with van der Waals surface area (Å²) in [6.45, 7) is 3.30. The van der Waals surface area contributed by atoms with Gasteiger partial charge in [-0.15, -0.1) is 5.10 Å². The van der Waals surface area contributed by atoms with Crippen LogP contribution in [-0.4, -0.2) is 67.6 Å². The topological polar surface area (TPSA) is 67.2 Å². The number of aromatic nitrogens is 4. The number of carbonyl (C=O) groups is 1. The van der Waals surface area contributed by atoms with Gasteiger partial charge >= 0.3 is 0 Å². The molecule has 8 heteroatoms. The van der Waals surface area contributed by atoms with E-state index >= 15 is 0 Å². The van der Waals surface area contributed by atoms with Crippen LogP contribution in [0.5, 0.6) is 0 Å². The lowest BCUT2D eigenvalue weighted by molar-refractivity contribution is -0.141. The Labute approximate surface area is 176 Å². The van der Waals surface area contributed by atoms with Gasteiger partial charge in [0.05, 0.1) is 6.54 Å². The van der Waals surface area contributed by atoms with E-state index in [0.717, 1.165) is 31.6 Å². The van der Waals surface area contributed by atoms with E-state index in [0.29, 0.717) is 36.9 Å². The number of likely N-dealkylation sites (tertiary alicyclic amines) is 1. The molecular formula is C22H29FN6O. The van der Waals surface area contributed by atoms with Crippen molar-refractivity contribution in [1.82, 2.24) is 30.0 Å². The number of hydrogen-bond acceptors (Lipinski definition) is 5. The highest BCUT2D eigenvalue weighted by Gasteiger charge is 2.47. The molecule has 3 saturated heterocycles. The van der Waals surface area contributed by atoms with E-state index in [1.165, 1.54) is 31.7 Å². The highest BCUT2D eigenvalue weighted by Crippen LogP contribution is 2.42. The summed E-state index contributed by atoms with van der Waals surface area (Å²) in [7, 11) is 0. The van der Waals surface area contributed by atoms with Crippen molar-refractivity contribution >= 4 is 5.91 Å². The molecule has 3 aliphatic rings. The molecule has 160 valence electrons. The Morgan fingerprint density at radius 1 is 1.20 bits per heavy atom. The lowest BCUT2D eigenvalue weighted by Crippen LogP contribution is -2.64. The lowest BCUT2D eigenvalue weighted by Gasteiger charge is -2.57. The number of rotatable bonds is 5. The van der Waals surface area contributed by atoms with Gasteiger partial charge in [-0.3, -0.25) is 9.69 Å². The van der Waals surface area contributed by atoms with Crippen molar-refractivity contribution in [1.29, 1.82) is 0 Å². The van der Waals surface area contributed by atoms with Crippen molar-refractivity contribution < 1.29 is 9.18 Å². The quantitative estimate of drug-likeness (QED) is 0.753. The number of hydrogen-bond donors (Lipinski definition) is 0. The molecule has 0 unspecified atom stereocenters. The van der Waals surface area contributed by atoms with Gasteiger partial charge in [0, 0.05) is 31.6 Å². The number of amides is 1. The summed E-state index contributed by atoms with van der Waals surface area (Å²) in [5.74, 6) is 1.01. The van der Waals surface area contributed by atoms with Crippen LogP contribution >= 0.6 is 0 Å². The summed E-state index contributed by atoms with van der Waals surface area (Å²) in [5.41, 5.74) is 1.06. The Bertz CT molecular complexity index is 874. The van der Waals surface area contributed by atoms with Crippen LogP contribution in [-0.2, 0) is 17.8 Å². The number of halogens is 1. The summed E-state index contributed by atoms with van der Waals surface area (Å²) in [5, 5.41) is 11.1. The number of nitrogens with zero attached hydrogens (tertiary/aromatic N) is 6. The maximum Gasteiger partial charge on any atom is 0.224 e. The minimum atomic E-state index is -0.167. The number of aryl methyl sites for hydroxylation is 1. The van der Waals surface area contributed by atoms with Crippen LogP contribution in [0.2, 0.25) is 0 Å². The molecule has 1 amide bonds. The molecule has 2 bridgehead atoms. The van der Waals surface area contributed by atoms with E-state index in [9.17, 15) is 9.18 Å². The Morgan fingerprint density at radius 2 is 2.10 bits per heavy atom. The van der Waals surface area contributed by atoms with Crippen molar-refractivity contribution in [3.8, 4) is 0 Å². The second kappa shape index (κ2) is 8.41. The predicted molar refractivity (Wildman–Crippen MR) is 109 cm³/mol. The zero-order valence-corrected chi connectivity index (χ0v) is 17.2. The summed E-state index contributed by atoms with van der Waals surface area (Å²) in [6, 6.07) is 7.94. The first-order valence-corrected chi connectivity index (χ1v) is 11.2. The number of tetrazole rings is 1. The van der Waals surface area contributed by atoms with Crippen molar-refractivity contribution in [2.75, 3.05) is 19.6 Å². The maximum atomic E-state index is 13.8. The standard InChI is InChI=1S/C22H29FN6O/c23-19-5-3-4-16(10-19)11-21-18-12-17(20-6-1-2-8-29(20)21)13-27(14-18)22(30)7-9-28-15-24-25-26-28/h3-5,10,15,17-18,20-21H,1-2,6-9,11-14H2/t17-,18+,20+,21+/m1/s1.